The average molecular weight is 1210 g/mol. The first-order valence-corrected chi connectivity index (χ1v) is 33.8. The van der Waals surface area contributed by atoms with E-state index in [0.29, 0.717) is 68.7 Å². The van der Waals surface area contributed by atoms with Crippen LogP contribution in [0.1, 0.15) is 171 Å². The van der Waals surface area contributed by atoms with Crippen molar-refractivity contribution in [2.75, 3.05) is 13.2 Å². The first kappa shape index (κ1) is 66.7. The molecule has 0 amide bonds. The highest BCUT2D eigenvalue weighted by Crippen LogP contribution is 2.77. The lowest BCUT2D eigenvalue weighted by Gasteiger charge is -2.72. The fourth-order valence-electron chi connectivity index (χ4n) is 19.5. The lowest BCUT2D eigenvalue weighted by atomic mass is 9.32. The Balaban J connectivity index is 0.00000279. The van der Waals surface area contributed by atoms with Crippen LogP contribution in [0.4, 0.5) is 0 Å². The van der Waals surface area contributed by atoms with Gasteiger partial charge in [0.15, 0.2) is 18.9 Å². The van der Waals surface area contributed by atoms with Crippen molar-refractivity contribution >= 4 is 18.2 Å². The molecule has 5 aliphatic carbocycles. The van der Waals surface area contributed by atoms with Crippen LogP contribution < -0.4 is 0 Å². The summed E-state index contributed by atoms with van der Waals surface area (Å²) in [6.45, 7) is 34.5. The molecule has 3 aromatic rings. The zero-order chi connectivity index (χ0) is 63.1. The van der Waals surface area contributed by atoms with Crippen LogP contribution in [-0.2, 0) is 76.7 Å². The van der Waals surface area contributed by atoms with E-state index in [9.17, 15) is 9.59 Å². The number of hydrogen-bond donors (Lipinski definition) is 0. The predicted octanol–water partition coefficient (Wildman–Crippen LogP) is 15.0. The molecule has 3 aromatic carbocycles. The first-order chi connectivity index (χ1) is 41.9. The van der Waals surface area contributed by atoms with Gasteiger partial charge in [-0.1, -0.05) is 193 Å². The van der Waals surface area contributed by atoms with Crippen molar-refractivity contribution < 1.29 is 57.1 Å². The summed E-state index contributed by atoms with van der Waals surface area (Å²) < 4.78 is 58.0. The first-order valence-electron chi connectivity index (χ1n) is 33.8. The number of hydrogen-bond acceptors (Lipinski definition) is 12. The van der Waals surface area contributed by atoms with E-state index in [1.165, 1.54) is 6.29 Å². The highest BCUT2D eigenvalue weighted by Gasteiger charge is 2.71. The van der Waals surface area contributed by atoms with Crippen LogP contribution in [0.2, 0.25) is 0 Å². The number of benzene rings is 3. The summed E-state index contributed by atoms with van der Waals surface area (Å²) in [4.78, 5) is 45.0. The van der Waals surface area contributed by atoms with E-state index in [0.717, 1.165) is 68.1 Å². The minimum atomic E-state index is -0.947. The molecule has 11 rings (SSSR count). The fraction of sp³-hybridized carbons (Fsp3) is 0.697. The lowest BCUT2D eigenvalue weighted by Crippen LogP contribution is -2.67. The number of ketones is 1. The molecule has 8 aliphatic rings. The van der Waals surface area contributed by atoms with E-state index in [1.54, 1.807) is 5.57 Å². The minimum absolute atomic E-state index is 0.00525. The zero-order valence-electron chi connectivity index (χ0n) is 55.6. The SMILES string of the molecule is CC(=O)[C@]12CCC(C)(C)CC1C1=CCC3C4(C)CC[C@H](O[C@@H]5OC(Cc6ccccc6)[C@@H](C)[C@H](O[C@@H]6OC[C@@H](C)[C@H](C)C6C)C5O[C@@H]5OC(COCc6ccccc6)[C@H](C)[C@H](C)C5OCc5ccccc5)[C@](C)(C=O)[C@@H]4CC[C@]3(C)[C@]1(C)CC2C.O=C=O. The number of Topliss-reactive ketones (excluding diaryl/α,β-unsaturated/α-hetero) is 1. The lowest BCUT2D eigenvalue weighted by molar-refractivity contribution is -0.384. The molecule has 3 heterocycles. The minimum Gasteiger partial charge on any atom is -0.374 e. The Morgan fingerprint density at radius 3 is 1.86 bits per heavy atom. The second-order valence-corrected chi connectivity index (χ2v) is 30.9. The van der Waals surface area contributed by atoms with Crippen LogP contribution in [0.25, 0.3) is 0 Å². The van der Waals surface area contributed by atoms with Gasteiger partial charge in [0.25, 0.3) is 0 Å². The number of carbonyl (C=O) groups excluding carboxylic acids is 4. The second-order valence-electron chi connectivity index (χ2n) is 30.9. The summed E-state index contributed by atoms with van der Waals surface area (Å²) in [5.74, 6) is 2.10. The van der Waals surface area contributed by atoms with Crippen LogP contribution in [0.3, 0.4) is 0 Å². The third kappa shape index (κ3) is 12.4. The van der Waals surface area contributed by atoms with E-state index in [1.807, 2.05) is 43.3 Å². The van der Waals surface area contributed by atoms with Gasteiger partial charge in [-0.25, -0.2) is 0 Å². The molecule has 0 spiro atoms. The van der Waals surface area contributed by atoms with Crippen LogP contribution in [-0.4, -0.2) is 86.9 Å². The molecule has 0 N–H and O–H groups in total. The molecular weight excluding hydrogens is 1100 g/mol. The molecule has 0 radical (unpaired) electrons. The van der Waals surface area contributed by atoms with Crippen molar-refractivity contribution in [2.24, 2.45) is 91.7 Å². The van der Waals surface area contributed by atoms with Crippen molar-refractivity contribution in [2.45, 2.75) is 230 Å². The molecular formula is C76H106O12. The second kappa shape index (κ2) is 26.8. The van der Waals surface area contributed by atoms with Gasteiger partial charge in [-0.15, -0.1) is 0 Å². The smallest absolute Gasteiger partial charge is 0.373 e. The molecule has 0 bridgehead atoms. The molecule has 0 aromatic heterocycles. The number of rotatable bonds is 17. The Bertz CT molecular complexity index is 2890. The summed E-state index contributed by atoms with van der Waals surface area (Å²) in [7, 11) is 0. The molecule has 3 aliphatic heterocycles. The highest BCUT2D eigenvalue weighted by atomic mass is 16.8. The normalized spacial score (nSPS) is 43.6. The van der Waals surface area contributed by atoms with Crippen molar-refractivity contribution in [3.63, 3.8) is 0 Å². The molecule has 24 atom stereocenters. The van der Waals surface area contributed by atoms with Crippen molar-refractivity contribution in [3.8, 4) is 0 Å². The Morgan fingerprint density at radius 1 is 0.625 bits per heavy atom. The Kier molecular flexibility index (Phi) is 20.3. The van der Waals surface area contributed by atoms with Gasteiger partial charge in [-0.3, -0.25) is 4.79 Å². The predicted molar refractivity (Wildman–Crippen MR) is 338 cm³/mol. The van der Waals surface area contributed by atoms with Crippen LogP contribution >= 0.6 is 0 Å². The number of ether oxygens (including phenoxy) is 8. The highest BCUT2D eigenvalue weighted by molar-refractivity contribution is 5.84. The van der Waals surface area contributed by atoms with E-state index in [2.05, 4.69) is 151 Å². The van der Waals surface area contributed by atoms with E-state index < -0.39 is 48.7 Å². The summed E-state index contributed by atoms with van der Waals surface area (Å²) >= 11 is 0. The Morgan fingerprint density at radius 2 is 1.23 bits per heavy atom. The van der Waals surface area contributed by atoms with Gasteiger partial charge in [-0.2, -0.15) is 9.59 Å². The summed E-state index contributed by atoms with van der Waals surface area (Å²) in [6.07, 6.45) is 8.22. The molecule has 7 fully saturated rings. The monoisotopic (exact) mass is 1210 g/mol. The topological polar surface area (TPSA) is 142 Å². The maximum atomic E-state index is 14.6. The largest absolute Gasteiger partial charge is 0.374 e. The van der Waals surface area contributed by atoms with Crippen LogP contribution in [0.15, 0.2) is 103 Å². The number of fused-ring (bicyclic) bond motifs is 7. The quantitative estimate of drug-likeness (QED) is 0.0721. The van der Waals surface area contributed by atoms with E-state index in [-0.39, 0.29) is 80.9 Å². The fourth-order valence-corrected chi connectivity index (χ4v) is 19.5. The number of carbonyl (C=O) groups is 2. The molecule has 4 saturated carbocycles. The zero-order valence-corrected chi connectivity index (χ0v) is 55.6. The molecule has 482 valence electrons. The summed E-state index contributed by atoms with van der Waals surface area (Å²) in [5, 5.41) is 0. The van der Waals surface area contributed by atoms with Gasteiger partial charge < -0.3 is 42.7 Å². The van der Waals surface area contributed by atoms with Gasteiger partial charge in [0.05, 0.1) is 56.3 Å². The number of aldehydes is 1. The maximum Gasteiger partial charge on any atom is 0.373 e. The van der Waals surface area contributed by atoms with Gasteiger partial charge in [0.2, 0.25) is 0 Å². The van der Waals surface area contributed by atoms with Gasteiger partial charge >= 0.3 is 6.15 Å². The van der Waals surface area contributed by atoms with Crippen LogP contribution in [0.5, 0.6) is 0 Å². The number of allylic oxidation sites excluding steroid dienone is 2. The molecule has 3 saturated heterocycles. The summed E-state index contributed by atoms with van der Waals surface area (Å²) in [6, 6.07) is 31.2. The third-order valence-electron chi connectivity index (χ3n) is 25.7. The standard InChI is InChI=1S/C75H106O10.CO2/c1-46-41-80-67(51(6)48(46)3)84-64-52(7)59(38-54-24-18-15-19-25-54)81-69(66(64)85-68-65(79-43-56-28-22-17-23-29-56)50(5)49(4)60(82-68)44-78-42-55-26-20-16-21-27-55)83-63-33-34-71(11)61(72(63,12)45-76)32-35-73(13)62(71)31-30-57-58-40-70(9,10)36-37-75(58,53(8)77)47(2)39-74(57,73)14;2-1-3/h15-30,45-52,58-69H,31-44H2,1-14H3;/t46-,47?,48+,49-,50+,51?,52-,58?,59?,60?,61-,62?,63+,64+,65?,66?,67+,68+,69+,71?,72-,73+,74-,75-;/m1./s1. The van der Waals surface area contributed by atoms with E-state index in [4.69, 9.17) is 47.5 Å². The molecule has 88 heavy (non-hydrogen) atoms. The van der Waals surface area contributed by atoms with Crippen molar-refractivity contribution in [1.82, 2.24) is 0 Å². The molecule has 12 heteroatoms. The maximum absolute atomic E-state index is 14.6. The van der Waals surface area contributed by atoms with Crippen LogP contribution in [0, 0.1) is 91.7 Å². The Labute approximate surface area is 527 Å². The van der Waals surface area contributed by atoms with Gasteiger partial charge in [0, 0.05) is 17.3 Å². The average Bonchev–Trinajstić information content (AvgIpc) is 0.681. The van der Waals surface area contributed by atoms with Gasteiger partial charge in [0.1, 0.15) is 24.3 Å². The van der Waals surface area contributed by atoms with Crippen molar-refractivity contribution in [3.05, 3.63) is 119 Å². The van der Waals surface area contributed by atoms with Crippen molar-refractivity contribution in [1.29, 1.82) is 0 Å². The molecule has 9 unspecified atom stereocenters. The van der Waals surface area contributed by atoms with E-state index >= 15 is 0 Å². The Hall–Kier alpha value is -4.20. The summed E-state index contributed by atoms with van der Waals surface area (Å²) in [5.41, 5.74) is 3.72. The molecule has 12 nitrogen and oxygen atoms in total. The third-order valence-corrected chi connectivity index (χ3v) is 25.7. The van der Waals surface area contributed by atoms with Gasteiger partial charge in [-0.05, 0) is 157 Å².